The van der Waals surface area contributed by atoms with Gasteiger partial charge in [-0.3, -0.25) is 9.52 Å². The lowest BCUT2D eigenvalue weighted by molar-refractivity contribution is 0.0921. The Labute approximate surface area is 199 Å². The van der Waals surface area contributed by atoms with Crippen LogP contribution in [0.1, 0.15) is 36.0 Å². The molecule has 3 aromatic rings. The maximum atomic E-state index is 12.6. The van der Waals surface area contributed by atoms with Crippen LogP contribution >= 0.6 is 0 Å². The Kier molecular flexibility index (Phi) is 7.09. The molecule has 0 aliphatic heterocycles. The minimum atomic E-state index is -3.38. The maximum Gasteiger partial charge on any atom is 0.251 e. The fourth-order valence-corrected chi connectivity index (χ4v) is 4.54. The van der Waals surface area contributed by atoms with Crippen molar-refractivity contribution >= 4 is 33.1 Å². The van der Waals surface area contributed by atoms with Crippen molar-refractivity contribution in [3.05, 3.63) is 66.5 Å². The summed E-state index contributed by atoms with van der Waals surface area (Å²) in [6.07, 6.45) is 6.58. The molecule has 1 aliphatic rings. The highest BCUT2D eigenvalue weighted by Gasteiger charge is 2.23. The van der Waals surface area contributed by atoms with Crippen molar-refractivity contribution in [1.29, 1.82) is 0 Å². The highest BCUT2D eigenvalue weighted by molar-refractivity contribution is 7.92. The van der Waals surface area contributed by atoms with Crippen LogP contribution in [0.5, 0.6) is 0 Å². The summed E-state index contributed by atoms with van der Waals surface area (Å²) >= 11 is 0. The van der Waals surface area contributed by atoms with Gasteiger partial charge in [-0.1, -0.05) is 25.0 Å². The molecule has 4 rings (SSSR count). The van der Waals surface area contributed by atoms with Gasteiger partial charge in [-0.25, -0.2) is 18.4 Å². The molecule has 9 nitrogen and oxygen atoms in total. The molecule has 1 aliphatic carbocycles. The minimum Gasteiger partial charge on any atom is -0.348 e. The van der Waals surface area contributed by atoms with Gasteiger partial charge in [-0.2, -0.15) is 0 Å². The van der Waals surface area contributed by atoms with Crippen molar-refractivity contribution in [2.24, 2.45) is 5.73 Å². The van der Waals surface area contributed by atoms with Crippen LogP contribution in [0.2, 0.25) is 0 Å². The number of aromatic nitrogens is 2. The Morgan fingerprint density at radius 2 is 1.76 bits per heavy atom. The molecule has 0 unspecified atom stereocenters. The highest BCUT2D eigenvalue weighted by Crippen LogP contribution is 2.24. The van der Waals surface area contributed by atoms with E-state index in [4.69, 9.17) is 5.73 Å². The van der Waals surface area contributed by atoms with Gasteiger partial charge in [0.15, 0.2) is 0 Å². The van der Waals surface area contributed by atoms with Gasteiger partial charge in [0.25, 0.3) is 5.91 Å². The van der Waals surface area contributed by atoms with Gasteiger partial charge in [-0.15, -0.1) is 0 Å². The highest BCUT2D eigenvalue weighted by atomic mass is 32.2. The summed E-state index contributed by atoms with van der Waals surface area (Å²) in [6.45, 7) is 0. The third kappa shape index (κ3) is 6.30. The standard InChI is InChI=1S/C24H28N6O3S/c1-34(32,33)30-19-6-4-5-17(13-19)22-14-23(27-15-26-22)28-18-11-9-16(10-12-18)24(31)29-21-8-3-2-7-20(21)25/h4-6,9-15,20-21,30H,2-3,7-8,25H2,1H3,(H,29,31)(H,26,27,28)/t20-,21-/m1/s1. The molecule has 0 spiro atoms. The molecule has 1 amide bonds. The van der Waals surface area contributed by atoms with Gasteiger partial charge in [0, 0.05) is 40.7 Å². The first kappa shape index (κ1) is 23.7. The first-order chi connectivity index (χ1) is 16.3. The number of sulfonamides is 1. The van der Waals surface area contributed by atoms with Crippen LogP contribution in [-0.4, -0.2) is 42.6 Å². The Hall–Kier alpha value is -3.50. The molecule has 0 radical (unpaired) electrons. The van der Waals surface area contributed by atoms with Crippen molar-refractivity contribution in [3.8, 4) is 11.3 Å². The third-order valence-electron chi connectivity index (χ3n) is 5.68. The van der Waals surface area contributed by atoms with Crippen LogP contribution < -0.4 is 21.1 Å². The molecule has 2 atom stereocenters. The lowest BCUT2D eigenvalue weighted by Crippen LogP contribution is -2.49. The molecule has 0 bridgehead atoms. The number of nitrogens with zero attached hydrogens (tertiary/aromatic N) is 2. The zero-order valence-electron chi connectivity index (χ0n) is 18.9. The molecule has 1 heterocycles. The zero-order valence-corrected chi connectivity index (χ0v) is 19.7. The molecular weight excluding hydrogens is 452 g/mol. The smallest absolute Gasteiger partial charge is 0.251 e. The third-order valence-corrected chi connectivity index (χ3v) is 6.29. The summed E-state index contributed by atoms with van der Waals surface area (Å²) in [6, 6.07) is 15.9. The monoisotopic (exact) mass is 480 g/mol. The van der Waals surface area contributed by atoms with Crippen LogP contribution in [0.15, 0.2) is 60.9 Å². The number of nitrogens with two attached hydrogens (primary N) is 1. The molecule has 34 heavy (non-hydrogen) atoms. The Balaban J connectivity index is 1.43. The fraction of sp³-hybridized carbons (Fsp3) is 0.292. The van der Waals surface area contributed by atoms with E-state index >= 15 is 0 Å². The Bertz CT molecular complexity index is 1260. The van der Waals surface area contributed by atoms with E-state index in [9.17, 15) is 13.2 Å². The van der Waals surface area contributed by atoms with Crippen LogP contribution in [0.4, 0.5) is 17.2 Å². The summed E-state index contributed by atoms with van der Waals surface area (Å²) in [5.41, 5.74) is 9.31. The van der Waals surface area contributed by atoms with Gasteiger partial charge in [0.2, 0.25) is 10.0 Å². The van der Waals surface area contributed by atoms with Crippen LogP contribution in [0, 0.1) is 0 Å². The quantitative estimate of drug-likeness (QED) is 0.407. The van der Waals surface area contributed by atoms with Crippen LogP contribution in [0.25, 0.3) is 11.3 Å². The number of hydrogen-bond donors (Lipinski definition) is 4. The van der Waals surface area contributed by atoms with E-state index in [1.807, 2.05) is 18.2 Å². The van der Waals surface area contributed by atoms with Crippen molar-refractivity contribution in [1.82, 2.24) is 15.3 Å². The molecule has 1 fully saturated rings. The van der Waals surface area contributed by atoms with Crippen molar-refractivity contribution in [2.75, 3.05) is 16.3 Å². The number of carbonyl (C=O) groups excluding carboxylic acids is 1. The van der Waals surface area contributed by atoms with Crippen molar-refractivity contribution in [3.63, 3.8) is 0 Å². The summed E-state index contributed by atoms with van der Waals surface area (Å²) in [4.78, 5) is 21.1. The Morgan fingerprint density at radius 1 is 1.00 bits per heavy atom. The predicted octanol–water partition coefficient (Wildman–Crippen LogP) is 3.26. The number of nitrogens with one attached hydrogen (secondary N) is 3. The first-order valence-electron chi connectivity index (χ1n) is 11.1. The average molecular weight is 481 g/mol. The number of benzene rings is 2. The van der Waals surface area contributed by atoms with E-state index in [0.29, 0.717) is 22.8 Å². The number of carbonyl (C=O) groups is 1. The lowest BCUT2D eigenvalue weighted by atomic mass is 9.91. The molecule has 5 N–H and O–H groups in total. The van der Waals surface area contributed by atoms with E-state index in [1.54, 1.807) is 36.4 Å². The number of anilines is 3. The molecule has 2 aromatic carbocycles. The molecule has 1 saturated carbocycles. The van der Waals surface area contributed by atoms with E-state index in [2.05, 4.69) is 25.3 Å². The second kappa shape index (κ2) is 10.2. The zero-order chi connectivity index (χ0) is 24.1. The van der Waals surface area contributed by atoms with Gasteiger partial charge in [0.1, 0.15) is 12.1 Å². The fourth-order valence-electron chi connectivity index (χ4n) is 3.98. The summed E-state index contributed by atoms with van der Waals surface area (Å²) in [5.74, 6) is 0.442. The van der Waals surface area contributed by atoms with Gasteiger partial charge < -0.3 is 16.4 Å². The number of amides is 1. The topological polar surface area (TPSA) is 139 Å². The van der Waals surface area contributed by atoms with E-state index in [-0.39, 0.29) is 18.0 Å². The average Bonchev–Trinajstić information content (AvgIpc) is 2.80. The Morgan fingerprint density at radius 3 is 2.50 bits per heavy atom. The minimum absolute atomic E-state index is 0.00782. The normalized spacial score (nSPS) is 18.2. The molecular formula is C24H28N6O3S. The van der Waals surface area contributed by atoms with Crippen LogP contribution in [-0.2, 0) is 10.0 Å². The van der Waals surface area contributed by atoms with Gasteiger partial charge in [-0.05, 0) is 49.2 Å². The maximum absolute atomic E-state index is 12.6. The molecule has 178 valence electrons. The molecule has 10 heteroatoms. The van der Waals surface area contributed by atoms with Crippen LogP contribution in [0.3, 0.4) is 0 Å². The van der Waals surface area contributed by atoms with Gasteiger partial charge >= 0.3 is 0 Å². The lowest BCUT2D eigenvalue weighted by Gasteiger charge is -2.29. The first-order valence-corrected chi connectivity index (χ1v) is 13.0. The van der Waals surface area contributed by atoms with Gasteiger partial charge in [0.05, 0.1) is 11.9 Å². The van der Waals surface area contributed by atoms with E-state index < -0.39 is 10.0 Å². The van der Waals surface area contributed by atoms with Crippen molar-refractivity contribution < 1.29 is 13.2 Å². The summed E-state index contributed by atoms with van der Waals surface area (Å²) < 4.78 is 25.5. The molecule has 1 aromatic heterocycles. The van der Waals surface area contributed by atoms with E-state index in [0.717, 1.165) is 43.2 Å². The molecule has 0 saturated heterocycles. The second-order valence-electron chi connectivity index (χ2n) is 8.47. The van der Waals surface area contributed by atoms with E-state index in [1.165, 1.54) is 6.33 Å². The number of hydrogen-bond acceptors (Lipinski definition) is 7. The number of rotatable bonds is 7. The van der Waals surface area contributed by atoms with Crippen molar-refractivity contribution in [2.45, 2.75) is 37.8 Å². The summed E-state index contributed by atoms with van der Waals surface area (Å²) in [7, 11) is -3.38. The second-order valence-corrected chi connectivity index (χ2v) is 10.2. The largest absolute Gasteiger partial charge is 0.348 e. The summed E-state index contributed by atoms with van der Waals surface area (Å²) in [5, 5.41) is 6.26. The SMILES string of the molecule is CS(=O)(=O)Nc1cccc(-c2cc(Nc3ccc(C(=O)N[C@@H]4CCCC[C@H]4N)cc3)ncn2)c1. The predicted molar refractivity (Wildman–Crippen MR) is 133 cm³/mol.